The van der Waals surface area contributed by atoms with E-state index in [1.165, 1.54) is 5.56 Å². The maximum absolute atomic E-state index is 12.6. The summed E-state index contributed by atoms with van der Waals surface area (Å²) in [6, 6.07) is 11.3. The van der Waals surface area contributed by atoms with Crippen molar-refractivity contribution < 1.29 is 9.59 Å². The number of aryl methyl sites for hydroxylation is 2. The van der Waals surface area contributed by atoms with Crippen LogP contribution in [0.3, 0.4) is 0 Å². The second kappa shape index (κ2) is 6.43. The highest BCUT2D eigenvalue weighted by Gasteiger charge is 2.56. The van der Waals surface area contributed by atoms with Crippen LogP contribution in [0.15, 0.2) is 42.6 Å². The maximum atomic E-state index is 12.6. The normalized spacial score (nSPS) is 14.8. The summed E-state index contributed by atoms with van der Waals surface area (Å²) in [5, 5.41) is 5.70. The number of hydrogen-bond donors (Lipinski definition) is 2. The van der Waals surface area contributed by atoms with Gasteiger partial charge in [-0.2, -0.15) is 0 Å². The molecule has 0 saturated heterocycles. The Bertz CT molecular complexity index is 767. The van der Waals surface area contributed by atoms with Crippen LogP contribution in [0.2, 0.25) is 0 Å². The van der Waals surface area contributed by atoms with Crippen molar-refractivity contribution >= 4 is 17.5 Å². The SMILES string of the molecule is Cc1ccc(NC(=O)C2(C(=O)NCc3ccccn3)CC2)cc1C. The zero-order chi connectivity index (χ0) is 17.2. The minimum absolute atomic E-state index is 0.227. The molecule has 0 unspecified atom stereocenters. The van der Waals surface area contributed by atoms with E-state index >= 15 is 0 Å². The van der Waals surface area contributed by atoms with Gasteiger partial charge in [0.2, 0.25) is 11.8 Å². The Hall–Kier alpha value is -2.69. The van der Waals surface area contributed by atoms with Gasteiger partial charge in [0.1, 0.15) is 5.41 Å². The van der Waals surface area contributed by atoms with Crippen LogP contribution in [-0.4, -0.2) is 16.8 Å². The fourth-order valence-electron chi connectivity index (χ4n) is 2.59. The molecular formula is C19H21N3O2. The van der Waals surface area contributed by atoms with E-state index < -0.39 is 5.41 Å². The molecule has 1 saturated carbocycles. The highest BCUT2D eigenvalue weighted by molar-refractivity contribution is 6.13. The van der Waals surface area contributed by atoms with Crippen LogP contribution in [0, 0.1) is 19.3 Å². The van der Waals surface area contributed by atoms with E-state index in [-0.39, 0.29) is 11.8 Å². The van der Waals surface area contributed by atoms with Crippen LogP contribution in [0.4, 0.5) is 5.69 Å². The quantitative estimate of drug-likeness (QED) is 0.831. The molecule has 1 heterocycles. The van der Waals surface area contributed by atoms with Crippen molar-refractivity contribution in [2.24, 2.45) is 5.41 Å². The van der Waals surface area contributed by atoms with E-state index in [0.29, 0.717) is 19.4 Å². The molecule has 24 heavy (non-hydrogen) atoms. The van der Waals surface area contributed by atoms with Gasteiger partial charge in [-0.25, -0.2) is 0 Å². The van der Waals surface area contributed by atoms with Crippen LogP contribution >= 0.6 is 0 Å². The predicted octanol–water partition coefficient (Wildman–Crippen LogP) is 2.73. The molecule has 1 aliphatic rings. The summed E-state index contributed by atoms with van der Waals surface area (Å²) >= 11 is 0. The van der Waals surface area contributed by atoms with Crippen molar-refractivity contribution in [3.05, 3.63) is 59.4 Å². The Balaban J connectivity index is 1.63. The number of anilines is 1. The molecule has 0 aliphatic heterocycles. The number of carbonyl (C=O) groups excluding carboxylic acids is 2. The largest absolute Gasteiger partial charge is 0.350 e. The number of amides is 2. The summed E-state index contributed by atoms with van der Waals surface area (Å²) in [5.74, 6) is -0.459. The number of pyridine rings is 1. The second-order valence-corrected chi connectivity index (χ2v) is 6.34. The molecule has 2 amide bonds. The molecule has 1 aromatic carbocycles. The number of benzene rings is 1. The molecule has 0 radical (unpaired) electrons. The lowest BCUT2D eigenvalue weighted by Crippen LogP contribution is -2.39. The number of carbonyl (C=O) groups is 2. The molecule has 2 aromatic rings. The lowest BCUT2D eigenvalue weighted by atomic mass is 10.0. The van der Waals surface area contributed by atoms with Crippen LogP contribution in [0.5, 0.6) is 0 Å². The average Bonchev–Trinajstić information content (AvgIpc) is 3.39. The van der Waals surface area contributed by atoms with Crippen molar-refractivity contribution in [3.63, 3.8) is 0 Å². The Labute approximate surface area is 141 Å². The number of nitrogens with zero attached hydrogens (tertiary/aromatic N) is 1. The third-order valence-electron chi connectivity index (χ3n) is 4.54. The Morgan fingerprint density at radius 2 is 1.88 bits per heavy atom. The molecule has 5 heteroatoms. The summed E-state index contributed by atoms with van der Waals surface area (Å²) < 4.78 is 0. The van der Waals surface area contributed by atoms with Crippen molar-refractivity contribution in [1.29, 1.82) is 0 Å². The zero-order valence-corrected chi connectivity index (χ0v) is 13.9. The van der Waals surface area contributed by atoms with Crippen LogP contribution < -0.4 is 10.6 Å². The lowest BCUT2D eigenvalue weighted by Gasteiger charge is -2.16. The van der Waals surface area contributed by atoms with Gasteiger partial charge in [-0.15, -0.1) is 0 Å². The number of rotatable bonds is 5. The van der Waals surface area contributed by atoms with Gasteiger partial charge in [-0.3, -0.25) is 14.6 Å². The van der Waals surface area contributed by atoms with E-state index in [2.05, 4.69) is 15.6 Å². The summed E-state index contributed by atoms with van der Waals surface area (Å²) in [7, 11) is 0. The molecular weight excluding hydrogens is 302 g/mol. The van der Waals surface area contributed by atoms with Crippen LogP contribution in [-0.2, 0) is 16.1 Å². The van der Waals surface area contributed by atoms with E-state index in [4.69, 9.17) is 0 Å². The molecule has 1 aliphatic carbocycles. The van der Waals surface area contributed by atoms with E-state index in [1.807, 2.05) is 50.2 Å². The minimum Gasteiger partial charge on any atom is -0.350 e. The first-order chi connectivity index (χ1) is 11.5. The third kappa shape index (κ3) is 3.30. The molecule has 0 atom stereocenters. The summed E-state index contributed by atoms with van der Waals surface area (Å²) in [6.45, 7) is 4.35. The van der Waals surface area contributed by atoms with Crippen molar-refractivity contribution in [1.82, 2.24) is 10.3 Å². The Kier molecular flexibility index (Phi) is 4.34. The van der Waals surface area contributed by atoms with Gasteiger partial charge in [0.05, 0.1) is 12.2 Å². The van der Waals surface area contributed by atoms with E-state index in [9.17, 15) is 9.59 Å². The monoisotopic (exact) mass is 323 g/mol. The molecule has 0 bridgehead atoms. The smallest absolute Gasteiger partial charge is 0.240 e. The number of nitrogens with one attached hydrogen (secondary N) is 2. The van der Waals surface area contributed by atoms with Gasteiger partial charge in [0.15, 0.2) is 0 Å². The zero-order valence-electron chi connectivity index (χ0n) is 13.9. The van der Waals surface area contributed by atoms with Gasteiger partial charge in [-0.1, -0.05) is 12.1 Å². The van der Waals surface area contributed by atoms with Gasteiger partial charge >= 0.3 is 0 Å². The average molecular weight is 323 g/mol. The van der Waals surface area contributed by atoms with Crippen molar-refractivity contribution in [2.75, 3.05) is 5.32 Å². The highest BCUT2D eigenvalue weighted by atomic mass is 16.2. The third-order valence-corrected chi connectivity index (χ3v) is 4.54. The number of hydrogen-bond acceptors (Lipinski definition) is 3. The first-order valence-electron chi connectivity index (χ1n) is 8.08. The molecule has 5 nitrogen and oxygen atoms in total. The maximum Gasteiger partial charge on any atom is 0.240 e. The minimum atomic E-state index is -0.937. The van der Waals surface area contributed by atoms with Crippen molar-refractivity contribution in [3.8, 4) is 0 Å². The lowest BCUT2D eigenvalue weighted by molar-refractivity contribution is -0.134. The predicted molar refractivity (Wildman–Crippen MR) is 92.3 cm³/mol. The first kappa shape index (κ1) is 16.2. The standard InChI is InChI=1S/C19H21N3O2/c1-13-6-7-15(11-14(13)2)22-18(24)19(8-9-19)17(23)21-12-16-5-3-4-10-20-16/h3-7,10-11H,8-9,12H2,1-2H3,(H,21,23)(H,22,24). The van der Waals surface area contributed by atoms with Crippen LogP contribution in [0.1, 0.15) is 29.7 Å². The van der Waals surface area contributed by atoms with E-state index in [0.717, 1.165) is 16.9 Å². The second-order valence-electron chi connectivity index (χ2n) is 6.34. The Morgan fingerprint density at radius 3 is 2.50 bits per heavy atom. The van der Waals surface area contributed by atoms with Gasteiger partial charge in [0.25, 0.3) is 0 Å². The highest BCUT2D eigenvalue weighted by Crippen LogP contribution is 2.46. The van der Waals surface area contributed by atoms with Gasteiger partial charge < -0.3 is 10.6 Å². The fraction of sp³-hybridized carbons (Fsp3) is 0.316. The molecule has 2 N–H and O–H groups in total. The number of aromatic nitrogens is 1. The fourth-order valence-corrected chi connectivity index (χ4v) is 2.59. The summed E-state index contributed by atoms with van der Waals surface area (Å²) in [5.41, 5.74) is 2.84. The van der Waals surface area contributed by atoms with E-state index in [1.54, 1.807) is 6.20 Å². The molecule has 3 rings (SSSR count). The molecule has 1 fully saturated rings. The van der Waals surface area contributed by atoms with Crippen LogP contribution in [0.25, 0.3) is 0 Å². The molecule has 0 spiro atoms. The molecule has 1 aromatic heterocycles. The summed E-state index contributed by atoms with van der Waals surface area (Å²) in [4.78, 5) is 29.2. The van der Waals surface area contributed by atoms with Crippen molar-refractivity contribution in [2.45, 2.75) is 33.2 Å². The van der Waals surface area contributed by atoms with Gasteiger partial charge in [-0.05, 0) is 62.1 Å². The first-order valence-corrected chi connectivity index (χ1v) is 8.08. The Morgan fingerprint density at radius 1 is 1.08 bits per heavy atom. The molecule has 124 valence electrons. The topological polar surface area (TPSA) is 71.1 Å². The van der Waals surface area contributed by atoms with Gasteiger partial charge in [0, 0.05) is 11.9 Å². The summed E-state index contributed by atoms with van der Waals surface area (Å²) in [6.07, 6.45) is 2.84.